The molecule has 0 aliphatic rings. The lowest BCUT2D eigenvalue weighted by Crippen LogP contribution is -2.51. The number of hydrogen-bond donors (Lipinski definition) is 4. The molecule has 0 radical (unpaired) electrons. The molecule has 0 spiro atoms. The summed E-state index contributed by atoms with van der Waals surface area (Å²) in [6.45, 7) is 3.77. The van der Waals surface area contributed by atoms with E-state index in [1.807, 2.05) is 0 Å². The SMILES string of the molecule is COC(=O)CCCCC(=O)CC(COCCC(=O)CCCC[NH3+])(COCCC(=O)CCCC[NH3+])COCCC(=O)NCCC[NH3+]. The van der Waals surface area contributed by atoms with Gasteiger partial charge in [0.25, 0.3) is 0 Å². The van der Waals surface area contributed by atoms with Crippen LogP contribution in [0.4, 0.5) is 0 Å². The summed E-state index contributed by atoms with van der Waals surface area (Å²) in [5, 5.41) is 2.83. The zero-order valence-electron chi connectivity index (χ0n) is 28.0. The molecule has 0 aliphatic carbocycles. The average Bonchev–Trinajstić information content (AvgIpc) is 3.02. The lowest BCUT2D eigenvalue weighted by Gasteiger charge is -2.33. The molecule has 0 aromatic carbocycles. The predicted molar refractivity (Wildman–Crippen MR) is 167 cm³/mol. The number of carbonyl (C=O) groups excluding carboxylic acids is 5. The number of rotatable bonds is 33. The summed E-state index contributed by atoms with van der Waals surface area (Å²) in [4.78, 5) is 61.3. The maximum absolute atomic E-state index is 13.2. The number of unbranched alkanes of at least 4 members (excludes halogenated alkanes) is 3. The Labute approximate surface area is 269 Å². The zero-order chi connectivity index (χ0) is 33.6. The first kappa shape index (κ1) is 42.7. The number of ketones is 3. The van der Waals surface area contributed by atoms with Gasteiger partial charge in [0.05, 0.1) is 66.4 Å². The number of methoxy groups -OCH3 is 1. The second-order valence-corrected chi connectivity index (χ2v) is 11.7. The minimum absolute atomic E-state index is 0.0323. The van der Waals surface area contributed by atoms with E-state index in [9.17, 15) is 24.0 Å². The lowest BCUT2D eigenvalue weighted by molar-refractivity contribution is -0.368. The molecule has 13 heteroatoms. The number of quaternary nitrogens is 3. The van der Waals surface area contributed by atoms with E-state index in [0.717, 1.165) is 51.7 Å². The number of amides is 1. The Morgan fingerprint density at radius 3 is 1.49 bits per heavy atom. The first-order valence-electron chi connectivity index (χ1n) is 16.7. The average molecular weight is 648 g/mol. The third-order valence-electron chi connectivity index (χ3n) is 7.30. The first-order chi connectivity index (χ1) is 21.7. The molecule has 0 fully saturated rings. The number of ether oxygens (including phenoxy) is 4. The summed E-state index contributed by atoms with van der Waals surface area (Å²) >= 11 is 0. The third kappa shape index (κ3) is 25.6. The van der Waals surface area contributed by atoms with Crippen molar-refractivity contribution in [2.75, 3.05) is 72.9 Å². The van der Waals surface area contributed by atoms with E-state index >= 15 is 0 Å². The fourth-order valence-electron chi connectivity index (χ4n) is 4.57. The quantitative estimate of drug-likeness (QED) is 0.0537. The Hall–Kier alpha value is -2.29. The van der Waals surface area contributed by atoms with E-state index in [4.69, 9.17) is 14.2 Å². The van der Waals surface area contributed by atoms with Gasteiger partial charge < -0.3 is 41.5 Å². The molecule has 262 valence electrons. The highest BCUT2D eigenvalue weighted by molar-refractivity contribution is 5.79. The van der Waals surface area contributed by atoms with E-state index in [1.54, 1.807) is 0 Å². The van der Waals surface area contributed by atoms with Crippen LogP contribution < -0.4 is 22.5 Å². The Morgan fingerprint density at radius 2 is 1.00 bits per heavy atom. The minimum Gasteiger partial charge on any atom is -0.469 e. The van der Waals surface area contributed by atoms with Gasteiger partial charge >= 0.3 is 5.97 Å². The van der Waals surface area contributed by atoms with E-state index in [1.165, 1.54) is 7.11 Å². The molecular formula is C32H63N4O9+3. The fraction of sp³-hybridized carbons (Fsp3) is 0.844. The summed E-state index contributed by atoms with van der Waals surface area (Å²) < 4.78 is 22.6. The predicted octanol–water partition coefficient (Wildman–Crippen LogP) is -0.404. The molecule has 0 aromatic rings. The number of hydrogen-bond acceptors (Lipinski definition) is 9. The smallest absolute Gasteiger partial charge is 0.305 e. The van der Waals surface area contributed by atoms with E-state index in [-0.39, 0.29) is 107 Å². The highest BCUT2D eigenvalue weighted by Crippen LogP contribution is 2.27. The molecule has 1 amide bonds. The standard InChI is InChI=1S/C32H60N4O9/c1-42-31(41)12-3-2-11-29(39)23-32(24-43-20-13-27(37)9-4-6-16-33,25-44-21-14-28(38)10-5-7-17-34)26-45-22-15-30(40)36-19-8-18-35/h2-26,33-35H2,1H3,(H,36,40)/p+3. The van der Waals surface area contributed by atoms with Crippen molar-refractivity contribution in [3.8, 4) is 0 Å². The molecule has 13 nitrogen and oxygen atoms in total. The molecular weight excluding hydrogens is 584 g/mol. The van der Waals surface area contributed by atoms with Gasteiger partial charge in [-0.3, -0.25) is 24.0 Å². The monoisotopic (exact) mass is 647 g/mol. The van der Waals surface area contributed by atoms with Crippen LogP contribution in [0.15, 0.2) is 0 Å². The largest absolute Gasteiger partial charge is 0.469 e. The van der Waals surface area contributed by atoms with Crippen LogP contribution in [-0.2, 0) is 42.9 Å². The van der Waals surface area contributed by atoms with Crippen molar-refractivity contribution in [1.29, 1.82) is 0 Å². The molecule has 10 N–H and O–H groups in total. The summed E-state index contributed by atoms with van der Waals surface area (Å²) in [6.07, 6.45) is 7.54. The Bertz CT molecular complexity index is 752. The molecule has 0 aliphatic heterocycles. The topological polar surface area (TPSA) is 217 Å². The van der Waals surface area contributed by atoms with Gasteiger partial charge in [0.1, 0.15) is 17.3 Å². The van der Waals surface area contributed by atoms with Crippen LogP contribution in [0.1, 0.15) is 96.3 Å². The van der Waals surface area contributed by atoms with E-state index in [2.05, 4.69) is 27.3 Å². The Morgan fingerprint density at radius 1 is 0.556 bits per heavy atom. The molecule has 0 unspecified atom stereocenters. The van der Waals surface area contributed by atoms with Crippen LogP contribution in [0.3, 0.4) is 0 Å². The number of Topliss-reactive ketones (excluding diaryl/α,β-unsaturated/α-hetero) is 3. The van der Waals surface area contributed by atoms with Gasteiger partial charge in [-0.05, 0) is 38.5 Å². The van der Waals surface area contributed by atoms with Gasteiger partial charge in [0.15, 0.2) is 0 Å². The van der Waals surface area contributed by atoms with Crippen molar-refractivity contribution in [1.82, 2.24) is 5.32 Å². The lowest BCUT2D eigenvalue weighted by atomic mass is 9.84. The van der Waals surface area contributed by atoms with Crippen LogP contribution in [0.5, 0.6) is 0 Å². The van der Waals surface area contributed by atoms with Gasteiger partial charge in [-0.2, -0.15) is 0 Å². The van der Waals surface area contributed by atoms with Crippen molar-refractivity contribution in [2.45, 2.75) is 96.3 Å². The van der Waals surface area contributed by atoms with Crippen LogP contribution in [-0.4, -0.2) is 102 Å². The number of nitrogens with one attached hydrogen (secondary N) is 1. The summed E-state index contributed by atoms with van der Waals surface area (Å²) in [5.41, 5.74) is 10.5. The van der Waals surface area contributed by atoms with Gasteiger partial charge in [-0.25, -0.2) is 0 Å². The van der Waals surface area contributed by atoms with Crippen molar-refractivity contribution in [3.05, 3.63) is 0 Å². The maximum atomic E-state index is 13.2. The van der Waals surface area contributed by atoms with Crippen LogP contribution in [0.25, 0.3) is 0 Å². The highest BCUT2D eigenvalue weighted by atomic mass is 16.5. The Kier molecular flexibility index (Phi) is 27.7. The molecule has 0 bridgehead atoms. The zero-order valence-corrected chi connectivity index (χ0v) is 28.0. The molecule has 0 saturated heterocycles. The first-order valence-corrected chi connectivity index (χ1v) is 16.7. The van der Waals surface area contributed by atoms with Crippen LogP contribution in [0, 0.1) is 5.41 Å². The second kappa shape index (κ2) is 29.1. The number of carbonyl (C=O) groups is 5. The summed E-state index contributed by atoms with van der Waals surface area (Å²) in [6, 6.07) is 0. The third-order valence-corrected chi connectivity index (χ3v) is 7.30. The van der Waals surface area contributed by atoms with Crippen LogP contribution in [0.2, 0.25) is 0 Å². The fourth-order valence-corrected chi connectivity index (χ4v) is 4.57. The molecule has 45 heavy (non-hydrogen) atoms. The highest BCUT2D eigenvalue weighted by Gasteiger charge is 2.34. The van der Waals surface area contributed by atoms with Gasteiger partial charge in [-0.1, -0.05) is 0 Å². The van der Waals surface area contributed by atoms with Crippen molar-refractivity contribution >= 4 is 29.2 Å². The summed E-state index contributed by atoms with van der Waals surface area (Å²) in [7, 11) is 1.33. The minimum atomic E-state index is -0.877. The molecule has 0 saturated carbocycles. The molecule has 0 rings (SSSR count). The second-order valence-electron chi connectivity index (χ2n) is 11.7. The summed E-state index contributed by atoms with van der Waals surface area (Å²) in [5.74, 6) is -0.242. The Balaban J connectivity index is 5.41. The van der Waals surface area contributed by atoms with Gasteiger partial charge in [0, 0.05) is 69.7 Å². The molecule has 0 aromatic heterocycles. The van der Waals surface area contributed by atoms with E-state index in [0.29, 0.717) is 32.2 Å². The van der Waals surface area contributed by atoms with Crippen molar-refractivity contribution in [3.63, 3.8) is 0 Å². The van der Waals surface area contributed by atoms with Crippen molar-refractivity contribution < 1.29 is 60.1 Å². The van der Waals surface area contributed by atoms with Crippen molar-refractivity contribution in [2.24, 2.45) is 5.41 Å². The molecule has 0 atom stereocenters. The van der Waals surface area contributed by atoms with Gasteiger partial charge in [0.2, 0.25) is 5.91 Å². The van der Waals surface area contributed by atoms with E-state index < -0.39 is 5.41 Å². The number of esters is 1. The molecule has 0 heterocycles. The van der Waals surface area contributed by atoms with Crippen LogP contribution >= 0.6 is 0 Å². The van der Waals surface area contributed by atoms with Gasteiger partial charge in [-0.15, -0.1) is 0 Å². The normalized spacial score (nSPS) is 11.4. The maximum Gasteiger partial charge on any atom is 0.305 e.